The van der Waals surface area contributed by atoms with Crippen molar-refractivity contribution < 1.29 is 0 Å². The monoisotopic (exact) mass is 300 g/mol. The Hall–Kier alpha value is -1.19. The van der Waals surface area contributed by atoms with Crippen LogP contribution in [0.5, 0.6) is 0 Å². The van der Waals surface area contributed by atoms with Gasteiger partial charge in [-0.25, -0.2) is 4.98 Å². The molecule has 2 N–H and O–H groups in total. The average molecular weight is 300 g/mol. The van der Waals surface area contributed by atoms with Crippen LogP contribution in [-0.2, 0) is 6.54 Å². The molecule has 1 heterocycles. The molecule has 0 radical (unpaired) electrons. The van der Waals surface area contributed by atoms with Crippen molar-refractivity contribution in [2.24, 2.45) is 11.1 Å². The van der Waals surface area contributed by atoms with E-state index in [-0.39, 0.29) is 0 Å². The van der Waals surface area contributed by atoms with Crippen molar-refractivity contribution in [1.82, 2.24) is 4.98 Å². The predicted molar refractivity (Wildman–Crippen MR) is 90.4 cm³/mol. The van der Waals surface area contributed by atoms with Crippen molar-refractivity contribution in [2.45, 2.75) is 52.0 Å². The maximum absolute atomic E-state index is 5.65. The van der Waals surface area contributed by atoms with Crippen molar-refractivity contribution >= 4 is 11.3 Å². The van der Waals surface area contributed by atoms with Gasteiger partial charge in [0.15, 0.2) is 0 Å². The Morgan fingerprint density at radius 3 is 2.48 bits per heavy atom. The minimum atomic E-state index is 0.522. The van der Waals surface area contributed by atoms with E-state index in [1.54, 1.807) is 0 Å². The maximum Gasteiger partial charge on any atom is 0.0963 e. The molecule has 0 unspecified atom stereocenters. The Morgan fingerprint density at radius 2 is 1.86 bits per heavy atom. The van der Waals surface area contributed by atoms with Gasteiger partial charge >= 0.3 is 0 Å². The number of nitrogens with zero attached hydrogens (tertiary/aromatic N) is 1. The first kappa shape index (κ1) is 14.7. The van der Waals surface area contributed by atoms with E-state index < -0.39 is 0 Å². The number of hydrogen-bond acceptors (Lipinski definition) is 3. The molecular formula is C18H24N2S. The van der Waals surface area contributed by atoms with E-state index in [1.165, 1.54) is 41.8 Å². The predicted octanol–water partition coefficient (Wildman–Crippen LogP) is 4.95. The highest BCUT2D eigenvalue weighted by Crippen LogP contribution is 2.43. The zero-order valence-electron chi connectivity index (χ0n) is 12.9. The highest BCUT2D eigenvalue weighted by atomic mass is 32.1. The van der Waals surface area contributed by atoms with Crippen LogP contribution in [0.4, 0.5) is 0 Å². The van der Waals surface area contributed by atoms with Crippen LogP contribution < -0.4 is 5.73 Å². The quantitative estimate of drug-likeness (QED) is 0.870. The third kappa shape index (κ3) is 3.35. The Kier molecular flexibility index (Phi) is 4.14. The van der Waals surface area contributed by atoms with Gasteiger partial charge in [-0.2, -0.15) is 0 Å². The fourth-order valence-electron chi connectivity index (χ4n) is 3.07. The van der Waals surface area contributed by atoms with Crippen LogP contribution in [0.25, 0.3) is 11.3 Å². The fourth-order valence-corrected chi connectivity index (χ4v) is 4.07. The van der Waals surface area contributed by atoms with Gasteiger partial charge in [0.2, 0.25) is 0 Å². The summed E-state index contributed by atoms with van der Waals surface area (Å²) in [4.78, 5) is 4.89. The van der Waals surface area contributed by atoms with Gasteiger partial charge in [0.1, 0.15) is 0 Å². The van der Waals surface area contributed by atoms with Gasteiger partial charge in [-0.3, -0.25) is 0 Å². The maximum atomic E-state index is 5.65. The smallest absolute Gasteiger partial charge is 0.0963 e. The van der Waals surface area contributed by atoms with Crippen molar-refractivity contribution in [3.05, 3.63) is 40.2 Å². The number of nitrogens with two attached hydrogens (primary N) is 1. The molecule has 2 nitrogen and oxygen atoms in total. The topological polar surface area (TPSA) is 38.9 Å². The van der Waals surface area contributed by atoms with Crippen LogP contribution in [0.15, 0.2) is 29.6 Å². The Labute approximate surface area is 131 Å². The van der Waals surface area contributed by atoms with E-state index >= 15 is 0 Å². The van der Waals surface area contributed by atoms with Crippen LogP contribution in [0.3, 0.4) is 0 Å². The zero-order valence-corrected chi connectivity index (χ0v) is 13.7. The molecule has 2 aromatic rings. The van der Waals surface area contributed by atoms with Gasteiger partial charge in [-0.15, -0.1) is 11.3 Å². The average Bonchev–Trinajstić information content (AvgIpc) is 2.97. The summed E-state index contributed by atoms with van der Waals surface area (Å²) >= 11 is 1.83. The summed E-state index contributed by atoms with van der Waals surface area (Å²) in [6.45, 7) is 5.37. The number of benzene rings is 1. The van der Waals surface area contributed by atoms with Crippen molar-refractivity contribution in [3.63, 3.8) is 0 Å². The second-order valence-corrected chi connectivity index (χ2v) is 7.80. The third-order valence-electron chi connectivity index (χ3n) is 4.70. The molecule has 1 fully saturated rings. The van der Waals surface area contributed by atoms with E-state index in [9.17, 15) is 0 Å². The molecule has 3 heteroatoms. The second kappa shape index (κ2) is 5.90. The van der Waals surface area contributed by atoms with E-state index in [2.05, 4.69) is 43.5 Å². The molecule has 112 valence electrons. The van der Waals surface area contributed by atoms with Gasteiger partial charge in [0.05, 0.1) is 10.7 Å². The molecule has 0 spiro atoms. The lowest BCUT2D eigenvalue weighted by molar-refractivity contribution is 0.224. The molecule has 0 amide bonds. The van der Waals surface area contributed by atoms with E-state index in [0.717, 1.165) is 5.69 Å². The van der Waals surface area contributed by atoms with Gasteiger partial charge in [-0.1, -0.05) is 38.1 Å². The molecular weight excluding hydrogens is 276 g/mol. The summed E-state index contributed by atoms with van der Waals surface area (Å²) < 4.78 is 0. The Balaban J connectivity index is 1.74. The molecule has 0 saturated heterocycles. The summed E-state index contributed by atoms with van der Waals surface area (Å²) in [5.41, 5.74) is 9.66. The van der Waals surface area contributed by atoms with E-state index in [4.69, 9.17) is 10.7 Å². The number of hydrogen-bond donors (Lipinski definition) is 1. The third-order valence-corrected chi connectivity index (χ3v) is 5.70. The molecule has 0 bridgehead atoms. The highest BCUT2D eigenvalue weighted by Gasteiger charge is 2.29. The van der Waals surface area contributed by atoms with Crippen LogP contribution >= 0.6 is 11.3 Å². The molecule has 0 atom stereocenters. The van der Waals surface area contributed by atoms with Crippen molar-refractivity contribution in [3.8, 4) is 11.3 Å². The van der Waals surface area contributed by atoms with Gasteiger partial charge < -0.3 is 5.73 Å². The first-order valence-electron chi connectivity index (χ1n) is 7.82. The number of thiazole rings is 1. The summed E-state index contributed by atoms with van der Waals surface area (Å²) in [6.07, 6.45) is 5.20. The lowest BCUT2D eigenvalue weighted by Gasteiger charge is -2.33. The molecule has 21 heavy (non-hydrogen) atoms. The van der Waals surface area contributed by atoms with Crippen LogP contribution in [0.2, 0.25) is 0 Å². The molecule has 1 aliphatic carbocycles. The van der Waals surface area contributed by atoms with Gasteiger partial charge in [0.25, 0.3) is 0 Å². The normalized spacial score (nSPS) is 18.8. The zero-order chi connectivity index (χ0) is 14.9. The summed E-state index contributed by atoms with van der Waals surface area (Å²) in [5, 5.41) is 3.52. The summed E-state index contributed by atoms with van der Waals surface area (Å²) in [7, 11) is 0. The standard InChI is InChI=1S/C18H24N2S/c1-18(2)9-7-15(8-10-18)17-20-16(12-21-17)14-5-3-13(11-19)4-6-14/h3-6,12,15H,7-11,19H2,1-2H3. The fraction of sp³-hybridized carbons (Fsp3) is 0.500. The summed E-state index contributed by atoms with van der Waals surface area (Å²) in [6, 6.07) is 8.45. The number of rotatable bonds is 3. The summed E-state index contributed by atoms with van der Waals surface area (Å²) in [5.74, 6) is 0.667. The lowest BCUT2D eigenvalue weighted by atomic mass is 9.73. The largest absolute Gasteiger partial charge is 0.326 e. The van der Waals surface area contributed by atoms with Crippen LogP contribution in [0, 0.1) is 5.41 Å². The van der Waals surface area contributed by atoms with Crippen LogP contribution in [0.1, 0.15) is 56.0 Å². The number of aromatic nitrogens is 1. The Bertz CT molecular complexity index is 588. The molecule has 0 aliphatic heterocycles. The minimum absolute atomic E-state index is 0.522. The van der Waals surface area contributed by atoms with E-state index in [1.807, 2.05) is 11.3 Å². The molecule has 1 aliphatic rings. The van der Waals surface area contributed by atoms with E-state index in [0.29, 0.717) is 17.9 Å². The SMILES string of the molecule is CC1(C)CCC(c2nc(-c3ccc(CN)cc3)cs2)CC1. The molecule has 3 rings (SSSR count). The highest BCUT2D eigenvalue weighted by molar-refractivity contribution is 7.10. The lowest BCUT2D eigenvalue weighted by Crippen LogP contribution is -2.20. The Morgan fingerprint density at radius 1 is 1.19 bits per heavy atom. The van der Waals surface area contributed by atoms with Gasteiger partial charge in [0, 0.05) is 23.4 Å². The molecule has 1 aromatic carbocycles. The first-order valence-corrected chi connectivity index (χ1v) is 8.70. The van der Waals surface area contributed by atoms with Crippen molar-refractivity contribution in [1.29, 1.82) is 0 Å². The minimum Gasteiger partial charge on any atom is -0.326 e. The second-order valence-electron chi connectivity index (χ2n) is 6.91. The first-order chi connectivity index (χ1) is 10.1. The molecule has 1 saturated carbocycles. The van der Waals surface area contributed by atoms with Crippen molar-refractivity contribution in [2.75, 3.05) is 0 Å². The van der Waals surface area contributed by atoms with Gasteiger partial charge in [-0.05, 0) is 36.7 Å². The van der Waals surface area contributed by atoms with Crippen LogP contribution in [-0.4, -0.2) is 4.98 Å². The molecule has 1 aromatic heterocycles.